The van der Waals surface area contributed by atoms with Gasteiger partial charge in [0.2, 0.25) is 0 Å². The molecule has 1 aromatic carbocycles. The molecule has 0 saturated carbocycles. The summed E-state index contributed by atoms with van der Waals surface area (Å²) in [4.78, 5) is 0. The van der Waals surface area contributed by atoms with E-state index < -0.39 is 0 Å². The van der Waals surface area contributed by atoms with Crippen LogP contribution in [0.2, 0.25) is 0 Å². The Balaban J connectivity index is 2.71. The molecule has 3 heteroatoms. The molecule has 0 amide bonds. The molecular weight excluding hydrogens is 155 g/mol. The molecule has 1 aromatic rings. The van der Waals surface area contributed by atoms with Gasteiger partial charge in [-0.3, -0.25) is 0 Å². The monoisotopic (exact) mass is 166 g/mol. The first kappa shape index (κ1) is 8.71. The lowest BCUT2D eigenvalue weighted by Crippen LogP contribution is -2.01. The Morgan fingerprint density at radius 3 is 2.33 bits per heavy atom. The van der Waals surface area contributed by atoms with Crippen LogP contribution in [0.1, 0.15) is 5.56 Å². The number of benzene rings is 1. The molecule has 0 bridgehead atoms. The van der Waals surface area contributed by atoms with Gasteiger partial charge in [0, 0.05) is 14.1 Å². The summed E-state index contributed by atoms with van der Waals surface area (Å²) in [6.45, 7) is 0. The van der Waals surface area contributed by atoms with E-state index in [1.54, 1.807) is 23.4 Å². The third-order valence-electron chi connectivity index (χ3n) is 1.31. The summed E-state index contributed by atoms with van der Waals surface area (Å²) in [7, 11) is 3.67. The number of rotatable bonds is 2. The van der Waals surface area contributed by atoms with E-state index in [2.05, 4.69) is 5.10 Å². The normalized spacial score (nSPS) is 10.6. The number of hydrogen-bond donors (Lipinski definition) is 0. The molecule has 0 aliphatic carbocycles. The highest BCUT2D eigenvalue weighted by Crippen LogP contribution is 1.99. The molecule has 0 fully saturated rings. The largest absolute Gasteiger partial charge is 0.303 e. The van der Waals surface area contributed by atoms with Gasteiger partial charge in [0.1, 0.15) is 5.82 Å². The molecule has 0 saturated heterocycles. The molecule has 0 radical (unpaired) electrons. The number of halogens is 1. The molecule has 2 nitrogen and oxygen atoms in total. The van der Waals surface area contributed by atoms with E-state index in [0.717, 1.165) is 5.56 Å². The van der Waals surface area contributed by atoms with Crippen LogP contribution >= 0.6 is 0 Å². The van der Waals surface area contributed by atoms with Crippen molar-refractivity contribution in [3.63, 3.8) is 0 Å². The smallest absolute Gasteiger partial charge is 0.123 e. The van der Waals surface area contributed by atoms with E-state index in [1.165, 1.54) is 12.1 Å². The lowest BCUT2D eigenvalue weighted by Gasteiger charge is -2.01. The second-order valence-electron chi connectivity index (χ2n) is 2.64. The molecule has 0 spiro atoms. The quantitative estimate of drug-likeness (QED) is 0.482. The molecule has 12 heavy (non-hydrogen) atoms. The van der Waals surface area contributed by atoms with Gasteiger partial charge in [0.05, 0.1) is 6.21 Å². The zero-order valence-corrected chi connectivity index (χ0v) is 7.16. The minimum atomic E-state index is -0.225. The highest BCUT2D eigenvalue weighted by molar-refractivity contribution is 5.79. The zero-order chi connectivity index (χ0) is 8.97. The summed E-state index contributed by atoms with van der Waals surface area (Å²) in [6.07, 6.45) is 1.68. The van der Waals surface area contributed by atoms with Crippen molar-refractivity contribution in [2.24, 2.45) is 5.10 Å². The fourth-order valence-corrected chi connectivity index (χ4v) is 0.731. The van der Waals surface area contributed by atoms with E-state index in [4.69, 9.17) is 0 Å². The molecule has 0 unspecified atom stereocenters. The highest BCUT2D eigenvalue weighted by Gasteiger charge is 1.88. The van der Waals surface area contributed by atoms with Crippen LogP contribution in [0.3, 0.4) is 0 Å². The molecule has 64 valence electrons. The van der Waals surface area contributed by atoms with Gasteiger partial charge >= 0.3 is 0 Å². The van der Waals surface area contributed by atoms with Crippen molar-refractivity contribution >= 4 is 6.21 Å². The first-order valence-electron chi connectivity index (χ1n) is 3.65. The van der Waals surface area contributed by atoms with Crippen LogP contribution in [0, 0.1) is 5.82 Å². The standard InChI is InChI=1S/C9H11FN2/c1-12(2)11-7-8-3-5-9(10)6-4-8/h3-7H,1-2H3/b11-7-. The van der Waals surface area contributed by atoms with Crippen molar-refractivity contribution in [1.29, 1.82) is 0 Å². The first-order valence-corrected chi connectivity index (χ1v) is 3.65. The predicted molar refractivity (Wildman–Crippen MR) is 47.7 cm³/mol. The maximum absolute atomic E-state index is 12.4. The van der Waals surface area contributed by atoms with Crippen LogP contribution in [-0.2, 0) is 0 Å². The maximum Gasteiger partial charge on any atom is 0.123 e. The van der Waals surface area contributed by atoms with Gasteiger partial charge in [0.15, 0.2) is 0 Å². The van der Waals surface area contributed by atoms with E-state index >= 15 is 0 Å². The van der Waals surface area contributed by atoms with Crippen LogP contribution < -0.4 is 0 Å². The highest BCUT2D eigenvalue weighted by atomic mass is 19.1. The third-order valence-corrected chi connectivity index (χ3v) is 1.31. The van der Waals surface area contributed by atoms with Crippen LogP contribution in [0.5, 0.6) is 0 Å². The average Bonchev–Trinajstić information content (AvgIpc) is 2.03. The number of hydrazone groups is 1. The average molecular weight is 166 g/mol. The SMILES string of the molecule is CN(C)/N=C\c1ccc(F)cc1. The molecule has 0 heterocycles. The molecule has 0 N–H and O–H groups in total. The van der Waals surface area contributed by atoms with Crippen molar-refractivity contribution in [3.05, 3.63) is 35.6 Å². The Morgan fingerprint density at radius 1 is 1.25 bits per heavy atom. The summed E-state index contributed by atoms with van der Waals surface area (Å²) in [5.41, 5.74) is 0.894. The van der Waals surface area contributed by atoms with Gasteiger partial charge in [-0.1, -0.05) is 12.1 Å². The number of nitrogens with zero attached hydrogens (tertiary/aromatic N) is 2. The van der Waals surface area contributed by atoms with Crippen molar-refractivity contribution < 1.29 is 4.39 Å². The van der Waals surface area contributed by atoms with Gasteiger partial charge in [-0.2, -0.15) is 5.10 Å². The summed E-state index contributed by atoms with van der Waals surface area (Å²) in [5, 5.41) is 5.69. The zero-order valence-electron chi connectivity index (χ0n) is 7.16. The van der Waals surface area contributed by atoms with E-state index in [9.17, 15) is 4.39 Å². The Bertz CT molecular complexity index is 264. The van der Waals surface area contributed by atoms with E-state index in [0.29, 0.717) is 0 Å². The summed E-state index contributed by atoms with van der Waals surface area (Å²) in [6, 6.07) is 6.19. The Morgan fingerprint density at radius 2 is 1.83 bits per heavy atom. The van der Waals surface area contributed by atoms with Crippen LogP contribution in [0.4, 0.5) is 4.39 Å². The van der Waals surface area contributed by atoms with Crippen molar-refractivity contribution in [1.82, 2.24) is 5.01 Å². The van der Waals surface area contributed by atoms with Gasteiger partial charge in [-0.05, 0) is 17.7 Å². The van der Waals surface area contributed by atoms with Crippen LogP contribution in [-0.4, -0.2) is 25.3 Å². The second-order valence-corrected chi connectivity index (χ2v) is 2.64. The van der Waals surface area contributed by atoms with Gasteiger partial charge in [-0.25, -0.2) is 4.39 Å². The fraction of sp³-hybridized carbons (Fsp3) is 0.222. The Kier molecular flexibility index (Phi) is 2.80. The topological polar surface area (TPSA) is 15.6 Å². The fourth-order valence-electron chi connectivity index (χ4n) is 0.731. The number of hydrogen-bond acceptors (Lipinski definition) is 2. The lowest BCUT2D eigenvalue weighted by molar-refractivity contribution is 0.440. The summed E-state index contributed by atoms with van der Waals surface area (Å²) < 4.78 is 12.4. The minimum absolute atomic E-state index is 0.225. The van der Waals surface area contributed by atoms with Crippen molar-refractivity contribution in [3.8, 4) is 0 Å². The minimum Gasteiger partial charge on any atom is -0.303 e. The Hall–Kier alpha value is -1.38. The molecular formula is C9H11FN2. The van der Waals surface area contributed by atoms with Crippen LogP contribution in [0.25, 0.3) is 0 Å². The van der Waals surface area contributed by atoms with E-state index in [-0.39, 0.29) is 5.82 Å². The summed E-state index contributed by atoms with van der Waals surface area (Å²) >= 11 is 0. The third kappa shape index (κ3) is 2.70. The van der Waals surface area contributed by atoms with E-state index in [1.807, 2.05) is 14.1 Å². The lowest BCUT2D eigenvalue weighted by atomic mass is 10.2. The molecule has 0 atom stereocenters. The summed E-state index contributed by atoms with van der Waals surface area (Å²) in [5.74, 6) is -0.225. The van der Waals surface area contributed by atoms with Gasteiger partial charge < -0.3 is 5.01 Å². The molecule has 0 aliphatic heterocycles. The maximum atomic E-state index is 12.4. The van der Waals surface area contributed by atoms with Crippen molar-refractivity contribution in [2.75, 3.05) is 14.1 Å². The first-order chi connectivity index (χ1) is 5.68. The van der Waals surface area contributed by atoms with Gasteiger partial charge in [0.25, 0.3) is 0 Å². The van der Waals surface area contributed by atoms with Crippen molar-refractivity contribution in [2.45, 2.75) is 0 Å². The molecule has 0 aliphatic rings. The Labute approximate surface area is 71.3 Å². The molecule has 0 aromatic heterocycles. The molecule has 1 rings (SSSR count). The van der Waals surface area contributed by atoms with Gasteiger partial charge in [-0.15, -0.1) is 0 Å². The predicted octanol–water partition coefficient (Wildman–Crippen LogP) is 1.72. The second kappa shape index (κ2) is 3.85. The van der Waals surface area contributed by atoms with Crippen LogP contribution in [0.15, 0.2) is 29.4 Å².